The average molecular weight is 426 g/mol. The topological polar surface area (TPSA) is 130 Å². The van der Waals surface area contributed by atoms with Crippen molar-refractivity contribution in [2.75, 3.05) is 20.2 Å². The van der Waals surface area contributed by atoms with Crippen molar-refractivity contribution in [3.8, 4) is 17.2 Å². The fraction of sp³-hybridized carbons (Fsp3) is 0.333. The van der Waals surface area contributed by atoms with Gasteiger partial charge in [0.05, 0.1) is 17.7 Å². The molecule has 2 aromatic carbocycles. The summed E-state index contributed by atoms with van der Waals surface area (Å²) in [6.45, 7) is 4.86. The number of nitrogens with zero attached hydrogens (tertiary/aromatic N) is 3. The van der Waals surface area contributed by atoms with Gasteiger partial charge in [-0.25, -0.2) is 5.43 Å². The lowest BCUT2D eigenvalue weighted by atomic mass is 10.0. The number of aromatic hydroxyl groups is 1. The molecule has 164 valence electrons. The molecule has 0 atom stereocenters. The zero-order valence-corrected chi connectivity index (χ0v) is 17.7. The Kier molecular flexibility index (Phi) is 7.03. The maximum Gasteiger partial charge on any atom is 0.266 e. The van der Waals surface area contributed by atoms with E-state index in [4.69, 9.17) is 4.74 Å². The minimum absolute atomic E-state index is 0.0329. The smallest absolute Gasteiger partial charge is 0.266 e. The minimum atomic E-state index is -0.471. The third-order valence-electron chi connectivity index (χ3n) is 4.54. The van der Waals surface area contributed by atoms with Crippen LogP contribution < -0.4 is 20.9 Å². The van der Waals surface area contributed by atoms with Crippen LogP contribution in [-0.2, 0) is 0 Å². The average Bonchev–Trinajstić information content (AvgIpc) is 3.17. The molecule has 0 saturated carbocycles. The first-order valence-electron chi connectivity index (χ1n) is 10.1. The van der Waals surface area contributed by atoms with Crippen molar-refractivity contribution in [3.05, 3.63) is 41.5 Å². The van der Waals surface area contributed by atoms with E-state index in [1.807, 2.05) is 13.8 Å². The summed E-state index contributed by atoms with van der Waals surface area (Å²) < 4.78 is 5.48. The Labute approximate surface area is 179 Å². The van der Waals surface area contributed by atoms with Crippen molar-refractivity contribution < 1.29 is 19.4 Å². The fourth-order valence-electron chi connectivity index (χ4n) is 3.02. The van der Waals surface area contributed by atoms with E-state index in [1.54, 1.807) is 19.2 Å². The van der Waals surface area contributed by atoms with E-state index in [0.29, 0.717) is 35.6 Å². The lowest BCUT2D eigenvalue weighted by molar-refractivity contribution is 0.0910. The fourth-order valence-corrected chi connectivity index (χ4v) is 3.02. The van der Waals surface area contributed by atoms with Crippen LogP contribution in [0.5, 0.6) is 11.5 Å². The third-order valence-corrected chi connectivity index (χ3v) is 4.54. The van der Waals surface area contributed by atoms with Gasteiger partial charge in [-0.15, -0.1) is 15.0 Å². The number of fused-ring (bicyclic) bond motifs is 1. The zero-order chi connectivity index (χ0) is 22.4. The molecule has 10 nitrogen and oxygen atoms in total. The van der Waals surface area contributed by atoms with Gasteiger partial charge in [-0.2, -0.15) is 0 Å². The molecule has 4 N–H and O–H groups in total. The summed E-state index contributed by atoms with van der Waals surface area (Å²) in [5, 5.41) is 21.9. The predicted octanol–water partition coefficient (Wildman–Crippen LogP) is 1.92. The number of hydrogen-bond acceptors (Lipinski definition) is 7. The van der Waals surface area contributed by atoms with Gasteiger partial charge in [0.25, 0.3) is 11.8 Å². The summed E-state index contributed by atoms with van der Waals surface area (Å²) in [6.07, 6.45) is 1.77. The quantitative estimate of drug-likeness (QED) is 0.304. The molecule has 0 aliphatic rings. The van der Waals surface area contributed by atoms with Crippen LogP contribution in [-0.4, -0.2) is 52.1 Å². The Bertz CT molecular complexity index is 1090. The van der Waals surface area contributed by atoms with E-state index in [1.165, 1.54) is 23.0 Å². The molecule has 0 saturated heterocycles. The Morgan fingerprint density at radius 3 is 2.35 bits per heavy atom. The predicted molar refractivity (Wildman–Crippen MR) is 115 cm³/mol. The van der Waals surface area contributed by atoms with Gasteiger partial charge < -0.3 is 15.2 Å². The lowest BCUT2D eigenvalue weighted by Crippen LogP contribution is -2.36. The van der Waals surface area contributed by atoms with Gasteiger partial charge in [0, 0.05) is 19.7 Å². The highest BCUT2D eigenvalue weighted by Crippen LogP contribution is 2.27. The number of nitrogens with one attached hydrogen (secondary N) is 3. The molecule has 10 heteroatoms. The van der Waals surface area contributed by atoms with E-state index in [-0.39, 0.29) is 22.8 Å². The highest BCUT2D eigenvalue weighted by molar-refractivity contribution is 6.09. The number of ether oxygens (including phenoxy) is 1. The molecule has 0 aliphatic heterocycles. The summed E-state index contributed by atoms with van der Waals surface area (Å²) in [6, 6.07) is 7.78. The van der Waals surface area contributed by atoms with Crippen LogP contribution in [0.2, 0.25) is 0 Å². The van der Waals surface area contributed by atoms with Crippen LogP contribution in [0.25, 0.3) is 16.7 Å². The number of aromatic nitrogens is 3. The molecular formula is C21H26N6O4. The largest absolute Gasteiger partial charge is 0.506 e. The van der Waals surface area contributed by atoms with Crippen molar-refractivity contribution in [1.82, 2.24) is 31.2 Å². The van der Waals surface area contributed by atoms with Crippen molar-refractivity contribution in [1.29, 1.82) is 0 Å². The number of benzene rings is 2. The van der Waals surface area contributed by atoms with E-state index < -0.39 is 5.91 Å². The second-order valence-electron chi connectivity index (χ2n) is 6.77. The van der Waals surface area contributed by atoms with Gasteiger partial charge in [0.2, 0.25) is 0 Å². The number of unbranched alkanes of at least 4 members (excludes halogenated alkanes) is 1. The van der Waals surface area contributed by atoms with Crippen molar-refractivity contribution >= 4 is 22.8 Å². The second kappa shape index (κ2) is 9.90. The number of hydrogen-bond donors (Lipinski definition) is 4. The number of hydrazine groups is 1. The molecule has 1 aromatic heterocycles. The Hall–Kier alpha value is -3.66. The first-order chi connectivity index (χ1) is 15.0. The number of rotatable bonds is 9. The van der Waals surface area contributed by atoms with Crippen LogP contribution in [0.1, 0.15) is 47.4 Å². The number of amides is 2. The van der Waals surface area contributed by atoms with Crippen LogP contribution in [0.4, 0.5) is 0 Å². The van der Waals surface area contributed by atoms with E-state index in [2.05, 4.69) is 26.4 Å². The van der Waals surface area contributed by atoms with Crippen LogP contribution in [0, 0.1) is 0 Å². The Morgan fingerprint density at radius 2 is 1.74 bits per heavy atom. The number of carbonyl (C=O) groups is 2. The summed E-state index contributed by atoms with van der Waals surface area (Å²) >= 11 is 0. The van der Waals surface area contributed by atoms with E-state index >= 15 is 0 Å². The van der Waals surface area contributed by atoms with Gasteiger partial charge in [0.15, 0.2) is 0 Å². The first-order valence-corrected chi connectivity index (χ1v) is 10.1. The molecule has 0 radical (unpaired) electrons. The lowest BCUT2D eigenvalue weighted by Gasteiger charge is -2.10. The normalized spacial score (nSPS) is 10.8. The van der Waals surface area contributed by atoms with Crippen molar-refractivity contribution in [2.45, 2.75) is 26.7 Å². The van der Waals surface area contributed by atoms with Gasteiger partial charge in [-0.1, -0.05) is 13.3 Å². The van der Waals surface area contributed by atoms with Crippen molar-refractivity contribution in [2.24, 2.45) is 0 Å². The highest BCUT2D eigenvalue weighted by atomic mass is 16.5. The first kappa shape index (κ1) is 22.0. The number of phenols is 1. The van der Waals surface area contributed by atoms with Crippen LogP contribution in [0.15, 0.2) is 30.3 Å². The molecule has 3 aromatic rings. The maximum absolute atomic E-state index is 12.7. The molecule has 0 unspecified atom stereocenters. The standard InChI is InChI=1S/C21H26N6O4/c1-4-6-9-23-20(29)14-11-16-17(12-15(14)21(30)24-22-3)26-27(25-16)18-10-13(31-5-2)7-8-19(18)28/h7-8,10-12,22,28H,4-6,9H2,1-3H3,(H,23,29)(H,24,30). The van der Waals surface area contributed by atoms with Gasteiger partial charge in [-0.3, -0.25) is 15.0 Å². The molecule has 0 aliphatic carbocycles. The summed E-state index contributed by atoms with van der Waals surface area (Å²) in [5.74, 6) is -0.315. The van der Waals surface area contributed by atoms with Crippen molar-refractivity contribution in [3.63, 3.8) is 0 Å². The third kappa shape index (κ3) is 4.92. The van der Waals surface area contributed by atoms with Crippen LogP contribution in [0.3, 0.4) is 0 Å². The summed E-state index contributed by atoms with van der Waals surface area (Å²) in [7, 11) is 1.56. The SMILES string of the molecule is CCCCNC(=O)c1cc2nn(-c3cc(OCC)ccc3O)nc2cc1C(=O)NNC. The molecule has 3 rings (SSSR count). The van der Waals surface area contributed by atoms with Gasteiger partial charge in [-0.05, 0) is 37.6 Å². The van der Waals surface area contributed by atoms with E-state index in [0.717, 1.165) is 12.8 Å². The van der Waals surface area contributed by atoms with Gasteiger partial charge >= 0.3 is 0 Å². The molecule has 0 fully saturated rings. The molecule has 0 bridgehead atoms. The van der Waals surface area contributed by atoms with Crippen LogP contribution >= 0.6 is 0 Å². The molecular weight excluding hydrogens is 400 g/mol. The number of phenolic OH excluding ortho intramolecular Hbond substituents is 1. The second-order valence-corrected chi connectivity index (χ2v) is 6.77. The Morgan fingerprint density at radius 1 is 1.06 bits per heavy atom. The summed E-state index contributed by atoms with van der Waals surface area (Å²) in [5.41, 5.74) is 6.52. The molecule has 31 heavy (non-hydrogen) atoms. The number of carbonyl (C=O) groups excluding carboxylic acids is 2. The zero-order valence-electron chi connectivity index (χ0n) is 17.7. The molecule has 0 spiro atoms. The minimum Gasteiger partial charge on any atom is -0.506 e. The highest BCUT2D eigenvalue weighted by Gasteiger charge is 2.21. The molecule has 1 heterocycles. The monoisotopic (exact) mass is 426 g/mol. The van der Waals surface area contributed by atoms with E-state index in [9.17, 15) is 14.7 Å². The maximum atomic E-state index is 12.7. The van der Waals surface area contributed by atoms with Gasteiger partial charge in [0.1, 0.15) is 28.2 Å². The summed E-state index contributed by atoms with van der Waals surface area (Å²) in [4.78, 5) is 26.5. The Balaban J connectivity index is 2.07. The molecule has 2 amide bonds.